The predicted octanol–water partition coefficient (Wildman–Crippen LogP) is 2.14. The van der Waals surface area contributed by atoms with E-state index < -0.39 is 11.8 Å². The number of piperazine rings is 1. The van der Waals surface area contributed by atoms with Gasteiger partial charge < -0.3 is 25.0 Å². The number of rotatable bonds is 3. The maximum absolute atomic E-state index is 13.4. The lowest BCUT2D eigenvalue weighted by Gasteiger charge is -2.35. The number of amides is 2. The molecule has 0 radical (unpaired) electrons. The number of carbonyl (C=O) groups is 2. The summed E-state index contributed by atoms with van der Waals surface area (Å²) in [7, 11) is 0. The minimum Gasteiger partial charge on any atom is -0.464 e. The Labute approximate surface area is 173 Å². The van der Waals surface area contributed by atoms with E-state index >= 15 is 0 Å². The van der Waals surface area contributed by atoms with Gasteiger partial charge in [0.1, 0.15) is 17.2 Å². The molecular formula is C22H22FN3O4. The lowest BCUT2D eigenvalue weighted by molar-refractivity contribution is -0.143. The molecule has 1 saturated heterocycles. The fourth-order valence-electron chi connectivity index (χ4n) is 3.88. The van der Waals surface area contributed by atoms with Gasteiger partial charge in [0.2, 0.25) is 0 Å². The van der Waals surface area contributed by atoms with E-state index in [1.807, 2.05) is 12.1 Å². The molecule has 3 aliphatic rings. The number of nitrogens with one attached hydrogen (secondary N) is 1. The number of benzene rings is 2. The molecule has 2 N–H and O–H groups in total. The maximum atomic E-state index is 13.4. The van der Waals surface area contributed by atoms with Crippen LogP contribution < -0.4 is 10.1 Å². The van der Waals surface area contributed by atoms with Crippen LogP contribution in [0.4, 0.5) is 10.1 Å². The number of halogens is 1. The lowest BCUT2D eigenvalue weighted by atomic mass is 10.1. The summed E-state index contributed by atoms with van der Waals surface area (Å²) in [6.07, 6.45) is 0.613. The van der Waals surface area contributed by atoms with Crippen molar-refractivity contribution >= 4 is 17.5 Å². The second kappa shape index (κ2) is 6.98. The second-order valence-corrected chi connectivity index (χ2v) is 8.02. The molecule has 1 aliphatic carbocycles. The maximum Gasteiger partial charge on any atom is 0.254 e. The number of nitrogens with zero attached hydrogens (tertiary/aromatic N) is 2. The van der Waals surface area contributed by atoms with Crippen molar-refractivity contribution in [2.24, 2.45) is 0 Å². The molecule has 5 rings (SSSR count). The highest BCUT2D eigenvalue weighted by Gasteiger charge is 2.50. The molecule has 8 heteroatoms. The largest absolute Gasteiger partial charge is 0.464 e. The Balaban J connectivity index is 1.20. The van der Waals surface area contributed by atoms with Crippen LogP contribution in [-0.4, -0.2) is 58.5 Å². The van der Waals surface area contributed by atoms with Gasteiger partial charge >= 0.3 is 0 Å². The van der Waals surface area contributed by atoms with E-state index in [-0.39, 0.29) is 17.6 Å². The average Bonchev–Trinajstić information content (AvgIpc) is 3.38. The predicted molar refractivity (Wildman–Crippen MR) is 107 cm³/mol. The number of carbonyl (C=O) groups excluding carboxylic acids is 2. The third-order valence-corrected chi connectivity index (χ3v) is 5.91. The molecule has 0 aromatic heterocycles. The van der Waals surface area contributed by atoms with Gasteiger partial charge in [0.05, 0.1) is 5.69 Å². The smallest absolute Gasteiger partial charge is 0.254 e. The monoisotopic (exact) mass is 411 g/mol. The lowest BCUT2D eigenvalue weighted by Crippen LogP contribution is -2.53. The zero-order valence-electron chi connectivity index (χ0n) is 16.3. The summed E-state index contributed by atoms with van der Waals surface area (Å²) in [5.41, 5.74) is 0.950. The van der Waals surface area contributed by atoms with Crippen LogP contribution in [0.1, 0.15) is 35.0 Å². The minimum absolute atomic E-state index is 0.0931. The van der Waals surface area contributed by atoms with Crippen LogP contribution >= 0.6 is 0 Å². The van der Waals surface area contributed by atoms with E-state index in [0.717, 1.165) is 11.3 Å². The molecule has 2 aromatic carbocycles. The number of aliphatic hydroxyl groups is 1. The molecule has 1 unspecified atom stereocenters. The van der Waals surface area contributed by atoms with Crippen LogP contribution in [0.5, 0.6) is 5.75 Å². The van der Waals surface area contributed by atoms with E-state index in [1.54, 1.807) is 28.0 Å². The zero-order valence-corrected chi connectivity index (χ0v) is 16.3. The Morgan fingerprint density at radius 3 is 2.37 bits per heavy atom. The Kier molecular flexibility index (Phi) is 4.39. The van der Waals surface area contributed by atoms with Crippen molar-refractivity contribution in [2.75, 3.05) is 31.5 Å². The molecule has 0 spiro atoms. The number of hydrogen-bond donors (Lipinski definition) is 2. The molecule has 2 aliphatic heterocycles. The highest BCUT2D eigenvalue weighted by atomic mass is 19.1. The minimum atomic E-state index is -1.16. The van der Waals surface area contributed by atoms with Crippen molar-refractivity contribution in [1.82, 2.24) is 9.80 Å². The van der Waals surface area contributed by atoms with Gasteiger partial charge in [-0.3, -0.25) is 9.59 Å². The van der Waals surface area contributed by atoms with Crippen molar-refractivity contribution in [1.29, 1.82) is 0 Å². The summed E-state index contributed by atoms with van der Waals surface area (Å²) in [6.45, 7) is 1.74. The van der Waals surface area contributed by atoms with Crippen LogP contribution in [0.25, 0.3) is 0 Å². The Morgan fingerprint density at radius 2 is 1.70 bits per heavy atom. The summed E-state index contributed by atoms with van der Waals surface area (Å²) < 4.78 is 19.1. The van der Waals surface area contributed by atoms with Crippen LogP contribution in [0.3, 0.4) is 0 Å². The van der Waals surface area contributed by atoms with Gasteiger partial charge in [0, 0.05) is 43.4 Å². The van der Waals surface area contributed by atoms with E-state index in [9.17, 15) is 19.1 Å². The average molecular weight is 411 g/mol. The highest BCUT2D eigenvalue weighted by Crippen LogP contribution is 2.38. The van der Waals surface area contributed by atoms with Gasteiger partial charge in [-0.1, -0.05) is 12.1 Å². The molecule has 2 aromatic rings. The Bertz CT molecular complexity index is 998. The second-order valence-electron chi connectivity index (χ2n) is 8.02. The van der Waals surface area contributed by atoms with E-state index in [0.29, 0.717) is 50.3 Å². The first-order valence-corrected chi connectivity index (χ1v) is 10.1. The number of fused-ring (bicyclic) bond motifs is 1. The van der Waals surface area contributed by atoms with Gasteiger partial charge in [-0.05, 0) is 37.1 Å². The SMILES string of the molecule is O=C(c1ccc(C2Nc3ccc(F)cc3O2)cc1)N1CCN(C(=O)C2(O)CC2)CC1. The van der Waals surface area contributed by atoms with Crippen molar-refractivity contribution in [3.8, 4) is 5.75 Å². The molecular weight excluding hydrogens is 389 g/mol. The molecule has 1 saturated carbocycles. The van der Waals surface area contributed by atoms with Crippen LogP contribution in [-0.2, 0) is 4.79 Å². The molecule has 156 valence electrons. The van der Waals surface area contributed by atoms with Gasteiger partial charge in [-0.15, -0.1) is 0 Å². The summed E-state index contributed by atoms with van der Waals surface area (Å²) in [5.74, 6) is -0.206. The van der Waals surface area contributed by atoms with E-state index in [2.05, 4.69) is 5.32 Å². The normalized spacial score (nSPS) is 21.5. The Morgan fingerprint density at radius 1 is 1.03 bits per heavy atom. The number of ether oxygens (including phenoxy) is 1. The third kappa shape index (κ3) is 3.37. The summed E-state index contributed by atoms with van der Waals surface area (Å²) in [5, 5.41) is 13.2. The Hall–Kier alpha value is -3.13. The first-order valence-electron chi connectivity index (χ1n) is 10.1. The van der Waals surface area contributed by atoms with Crippen molar-refractivity contribution < 1.29 is 23.8 Å². The quantitative estimate of drug-likeness (QED) is 0.809. The van der Waals surface area contributed by atoms with Gasteiger partial charge in [0.25, 0.3) is 11.8 Å². The summed E-state index contributed by atoms with van der Waals surface area (Å²) in [6, 6.07) is 11.5. The van der Waals surface area contributed by atoms with E-state index in [4.69, 9.17) is 4.74 Å². The molecule has 7 nitrogen and oxygen atoms in total. The summed E-state index contributed by atoms with van der Waals surface area (Å²) in [4.78, 5) is 28.4. The first-order chi connectivity index (χ1) is 14.4. The topological polar surface area (TPSA) is 82.1 Å². The third-order valence-electron chi connectivity index (χ3n) is 5.91. The molecule has 1 atom stereocenters. The highest BCUT2D eigenvalue weighted by molar-refractivity contribution is 5.94. The van der Waals surface area contributed by atoms with E-state index in [1.165, 1.54) is 12.1 Å². The molecule has 0 bridgehead atoms. The first kappa shape index (κ1) is 18.9. The standard InChI is InChI=1S/C22H22FN3O4/c23-16-5-6-17-18(13-16)30-19(24-17)14-1-3-15(4-2-14)20(27)25-9-11-26(12-10-25)21(28)22(29)7-8-22/h1-6,13,19,24,29H,7-12H2. The van der Waals surface area contributed by atoms with Crippen molar-refractivity contribution in [2.45, 2.75) is 24.7 Å². The fourth-order valence-corrected chi connectivity index (χ4v) is 3.88. The van der Waals surface area contributed by atoms with Crippen molar-refractivity contribution in [3.05, 3.63) is 59.4 Å². The van der Waals surface area contributed by atoms with Gasteiger partial charge in [-0.2, -0.15) is 0 Å². The van der Waals surface area contributed by atoms with Gasteiger partial charge in [0.15, 0.2) is 6.23 Å². The number of anilines is 1. The summed E-state index contributed by atoms with van der Waals surface area (Å²) >= 11 is 0. The fraction of sp³-hybridized carbons (Fsp3) is 0.364. The van der Waals surface area contributed by atoms with Crippen LogP contribution in [0.2, 0.25) is 0 Å². The molecule has 30 heavy (non-hydrogen) atoms. The van der Waals surface area contributed by atoms with Crippen molar-refractivity contribution in [3.63, 3.8) is 0 Å². The van der Waals surface area contributed by atoms with Crippen LogP contribution in [0.15, 0.2) is 42.5 Å². The molecule has 2 fully saturated rings. The van der Waals surface area contributed by atoms with Crippen LogP contribution in [0, 0.1) is 5.82 Å². The number of hydrogen-bond acceptors (Lipinski definition) is 5. The molecule has 2 amide bonds. The zero-order chi connectivity index (χ0) is 20.9. The van der Waals surface area contributed by atoms with Gasteiger partial charge in [-0.25, -0.2) is 4.39 Å². The molecule has 2 heterocycles.